The number of benzene rings is 2. The molecule has 0 radical (unpaired) electrons. The second-order valence-corrected chi connectivity index (χ2v) is 5.24. The molecule has 0 saturated heterocycles. The first-order valence-corrected chi connectivity index (χ1v) is 7.61. The molecular weight excluding hydrogens is 298 g/mol. The van der Waals surface area contributed by atoms with Crippen LogP contribution in [-0.4, -0.2) is 23.9 Å². The van der Waals surface area contributed by atoms with Crippen molar-refractivity contribution >= 4 is 11.6 Å². The Labute approximate surface area is 134 Å². The van der Waals surface area contributed by atoms with E-state index in [1.807, 2.05) is 12.1 Å². The van der Waals surface area contributed by atoms with Gasteiger partial charge in [-0.05, 0) is 42.9 Å². The quantitative estimate of drug-likeness (QED) is 0.871. The fourth-order valence-electron chi connectivity index (χ4n) is 2.25. The molecule has 0 saturated carbocycles. The summed E-state index contributed by atoms with van der Waals surface area (Å²) < 4.78 is 26.7. The average Bonchev–Trinajstić information content (AvgIpc) is 2.56. The largest absolute Gasteiger partial charge is 0.319 e. The lowest BCUT2D eigenvalue weighted by Crippen LogP contribution is -2.22. The number of nitrogens with one attached hydrogen (secondary N) is 1. The molecule has 0 aliphatic heterocycles. The molecule has 0 bridgehead atoms. The molecule has 0 fully saturated rings. The van der Waals surface area contributed by atoms with Crippen molar-refractivity contribution in [2.75, 3.05) is 18.4 Å². The Morgan fingerprint density at radius 3 is 2.30 bits per heavy atom. The Balaban J connectivity index is 2.07. The second-order valence-electron chi connectivity index (χ2n) is 5.24. The molecule has 5 heteroatoms. The van der Waals surface area contributed by atoms with Crippen molar-refractivity contribution in [3.8, 4) is 0 Å². The first kappa shape index (κ1) is 17.1. The van der Waals surface area contributed by atoms with Crippen molar-refractivity contribution in [2.24, 2.45) is 0 Å². The SMILES string of the molecule is CCN(CC)Cc1ccc(C(=O)Nc2cc(F)ccc2F)cc1. The fourth-order valence-corrected chi connectivity index (χ4v) is 2.25. The van der Waals surface area contributed by atoms with E-state index in [0.717, 1.165) is 43.4 Å². The highest BCUT2D eigenvalue weighted by molar-refractivity contribution is 6.04. The Morgan fingerprint density at radius 2 is 1.70 bits per heavy atom. The van der Waals surface area contributed by atoms with Crippen molar-refractivity contribution in [3.05, 3.63) is 65.2 Å². The van der Waals surface area contributed by atoms with Gasteiger partial charge in [-0.2, -0.15) is 0 Å². The third-order valence-electron chi connectivity index (χ3n) is 3.69. The van der Waals surface area contributed by atoms with Crippen molar-refractivity contribution in [2.45, 2.75) is 20.4 Å². The summed E-state index contributed by atoms with van der Waals surface area (Å²) in [5.74, 6) is -1.74. The van der Waals surface area contributed by atoms with Gasteiger partial charge in [0.05, 0.1) is 5.69 Å². The molecule has 0 unspecified atom stereocenters. The van der Waals surface area contributed by atoms with Gasteiger partial charge in [-0.3, -0.25) is 9.69 Å². The molecule has 0 aliphatic carbocycles. The van der Waals surface area contributed by atoms with Crippen LogP contribution in [0.1, 0.15) is 29.8 Å². The van der Waals surface area contributed by atoms with Gasteiger partial charge < -0.3 is 5.32 Å². The summed E-state index contributed by atoms with van der Waals surface area (Å²) >= 11 is 0. The van der Waals surface area contributed by atoms with Crippen molar-refractivity contribution in [1.29, 1.82) is 0 Å². The minimum atomic E-state index is -0.669. The minimum absolute atomic E-state index is 0.165. The van der Waals surface area contributed by atoms with E-state index in [0.29, 0.717) is 5.56 Å². The van der Waals surface area contributed by atoms with Gasteiger partial charge in [0.25, 0.3) is 5.91 Å². The van der Waals surface area contributed by atoms with Crippen LogP contribution >= 0.6 is 0 Å². The van der Waals surface area contributed by atoms with Crippen LogP contribution in [-0.2, 0) is 6.54 Å². The highest BCUT2D eigenvalue weighted by atomic mass is 19.1. The van der Waals surface area contributed by atoms with E-state index in [9.17, 15) is 13.6 Å². The number of nitrogens with zero attached hydrogens (tertiary/aromatic N) is 1. The van der Waals surface area contributed by atoms with Gasteiger partial charge in [0.15, 0.2) is 0 Å². The van der Waals surface area contributed by atoms with Gasteiger partial charge in [-0.25, -0.2) is 8.78 Å². The Morgan fingerprint density at radius 1 is 1.04 bits per heavy atom. The molecule has 2 rings (SSSR count). The minimum Gasteiger partial charge on any atom is -0.319 e. The van der Waals surface area contributed by atoms with Gasteiger partial charge in [-0.1, -0.05) is 26.0 Å². The molecule has 3 nitrogen and oxygen atoms in total. The third kappa shape index (κ3) is 4.60. The highest BCUT2D eigenvalue weighted by Gasteiger charge is 2.10. The number of anilines is 1. The molecule has 2 aromatic carbocycles. The number of carbonyl (C=O) groups excluding carboxylic acids is 1. The zero-order chi connectivity index (χ0) is 16.8. The monoisotopic (exact) mass is 318 g/mol. The molecule has 122 valence electrons. The lowest BCUT2D eigenvalue weighted by atomic mass is 10.1. The second kappa shape index (κ2) is 7.83. The van der Waals surface area contributed by atoms with Crippen molar-refractivity contribution in [1.82, 2.24) is 4.90 Å². The topological polar surface area (TPSA) is 32.3 Å². The van der Waals surface area contributed by atoms with E-state index in [4.69, 9.17) is 0 Å². The van der Waals surface area contributed by atoms with Gasteiger partial charge in [0, 0.05) is 18.2 Å². The molecular formula is C18H20F2N2O. The summed E-state index contributed by atoms with van der Waals surface area (Å²) in [6.45, 7) is 6.92. The van der Waals surface area contributed by atoms with E-state index in [-0.39, 0.29) is 5.69 Å². The van der Waals surface area contributed by atoms with Gasteiger partial charge in [-0.15, -0.1) is 0 Å². The first-order chi connectivity index (χ1) is 11.0. The maximum atomic E-state index is 13.5. The van der Waals surface area contributed by atoms with Crippen LogP contribution in [0, 0.1) is 11.6 Å². The zero-order valence-electron chi connectivity index (χ0n) is 13.3. The van der Waals surface area contributed by atoms with Crippen molar-refractivity contribution in [3.63, 3.8) is 0 Å². The predicted molar refractivity (Wildman–Crippen MR) is 87.4 cm³/mol. The van der Waals surface area contributed by atoms with Crippen LogP contribution in [0.25, 0.3) is 0 Å². The molecule has 0 heterocycles. The van der Waals surface area contributed by atoms with Gasteiger partial charge in [0.2, 0.25) is 0 Å². The first-order valence-electron chi connectivity index (χ1n) is 7.61. The van der Waals surface area contributed by atoms with E-state index < -0.39 is 17.5 Å². The number of hydrogen-bond donors (Lipinski definition) is 1. The van der Waals surface area contributed by atoms with Gasteiger partial charge in [0.1, 0.15) is 11.6 Å². The summed E-state index contributed by atoms with van der Waals surface area (Å²) in [6.07, 6.45) is 0. The number of carbonyl (C=O) groups is 1. The average molecular weight is 318 g/mol. The number of halogens is 2. The highest BCUT2D eigenvalue weighted by Crippen LogP contribution is 2.17. The molecule has 0 atom stereocenters. The van der Waals surface area contributed by atoms with Crippen LogP contribution in [0.4, 0.5) is 14.5 Å². The summed E-state index contributed by atoms with van der Waals surface area (Å²) in [5.41, 5.74) is 1.33. The zero-order valence-corrected chi connectivity index (χ0v) is 13.3. The summed E-state index contributed by atoms with van der Waals surface area (Å²) in [4.78, 5) is 14.4. The summed E-state index contributed by atoms with van der Waals surface area (Å²) in [6, 6.07) is 10.1. The standard InChI is InChI=1S/C18H20F2N2O/c1-3-22(4-2)12-13-5-7-14(8-6-13)18(23)21-17-11-15(19)9-10-16(17)20/h5-11H,3-4,12H2,1-2H3,(H,21,23). The summed E-state index contributed by atoms with van der Waals surface area (Å²) in [5, 5.41) is 2.39. The Kier molecular flexibility index (Phi) is 5.82. The van der Waals surface area contributed by atoms with Crippen LogP contribution in [0.5, 0.6) is 0 Å². The van der Waals surface area contributed by atoms with Crippen LogP contribution < -0.4 is 5.32 Å². The molecule has 0 spiro atoms. The van der Waals surface area contributed by atoms with E-state index in [1.165, 1.54) is 0 Å². The Hall–Kier alpha value is -2.27. The van der Waals surface area contributed by atoms with Crippen LogP contribution in [0.15, 0.2) is 42.5 Å². The van der Waals surface area contributed by atoms with Gasteiger partial charge >= 0.3 is 0 Å². The summed E-state index contributed by atoms with van der Waals surface area (Å²) in [7, 11) is 0. The van der Waals surface area contributed by atoms with E-state index in [1.54, 1.807) is 12.1 Å². The maximum absolute atomic E-state index is 13.5. The Bertz CT molecular complexity index is 667. The molecule has 1 N–H and O–H groups in total. The predicted octanol–water partition coefficient (Wildman–Crippen LogP) is 4.06. The third-order valence-corrected chi connectivity index (χ3v) is 3.69. The molecule has 0 aliphatic rings. The lowest BCUT2D eigenvalue weighted by molar-refractivity contribution is 0.102. The van der Waals surface area contributed by atoms with Crippen LogP contribution in [0.3, 0.4) is 0 Å². The molecule has 23 heavy (non-hydrogen) atoms. The smallest absolute Gasteiger partial charge is 0.255 e. The number of rotatable bonds is 6. The van der Waals surface area contributed by atoms with E-state index in [2.05, 4.69) is 24.1 Å². The molecule has 1 amide bonds. The lowest BCUT2D eigenvalue weighted by Gasteiger charge is -2.18. The van der Waals surface area contributed by atoms with Crippen molar-refractivity contribution < 1.29 is 13.6 Å². The van der Waals surface area contributed by atoms with Crippen LogP contribution in [0.2, 0.25) is 0 Å². The number of amides is 1. The fraction of sp³-hybridized carbons (Fsp3) is 0.278. The molecule has 2 aromatic rings. The number of hydrogen-bond acceptors (Lipinski definition) is 2. The van der Waals surface area contributed by atoms with E-state index >= 15 is 0 Å². The molecule has 0 aromatic heterocycles. The maximum Gasteiger partial charge on any atom is 0.255 e. The normalized spacial score (nSPS) is 10.8.